The molecule has 5 N–H and O–H groups in total. The summed E-state index contributed by atoms with van der Waals surface area (Å²) in [5, 5.41) is 23.9. The van der Waals surface area contributed by atoms with Gasteiger partial charge in [-0.3, -0.25) is 30.0 Å². The van der Waals surface area contributed by atoms with Gasteiger partial charge in [-0.25, -0.2) is 0 Å². The standard InChI is InChI=1S/C39H58N4O6/c1-23-17-25(19-28(32(23)46)36(3,4)5)13-15-30(44)41-42-35(49)34(48)40-27-21-38(9,10)43(39(11,12)22-27)31(45)16-14-26-18-24(2)33(47)29(20-26)37(6,7)8/h17-20,27,46-47H,13-16,21-22H2,1-12H3,(H,40,48)(H,41,44)(H,42,49). The molecule has 0 spiro atoms. The highest BCUT2D eigenvalue weighted by molar-refractivity contribution is 6.35. The van der Waals surface area contributed by atoms with Gasteiger partial charge in [0.25, 0.3) is 0 Å². The van der Waals surface area contributed by atoms with Gasteiger partial charge in [0, 0.05) is 30.0 Å². The molecule has 1 heterocycles. The first-order chi connectivity index (χ1) is 22.3. The van der Waals surface area contributed by atoms with Gasteiger partial charge in [-0.1, -0.05) is 65.8 Å². The molecular weight excluding hydrogens is 620 g/mol. The SMILES string of the molecule is Cc1cc(CCC(=O)NNC(=O)C(=O)NC2CC(C)(C)N(C(=O)CCc3cc(C)c(O)c(C(C)(C)C)c3)C(C)(C)C2)cc(C(C)(C)C)c1O. The van der Waals surface area contributed by atoms with Crippen molar-refractivity contribution < 1.29 is 29.4 Å². The van der Waals surface area contributed by atoms with Crippen molar-refractivity contribution in [1.82, 2.24) is 21.1 Å². The van der Waals surface area contributed by atoms with Crippen LogP contribution in [0.1, 0.15) is 128 Å². The van der Waals surface area contributed by atoms with Crippen LogP contribution in [-0.2, 0) is 42.8 Å². The molecular formula is C39H58N4O6. The minimum Gasteiger partial charge on any atom is -0.507 e. The quantitative estimate of drug-likeness (QED) is 0.188. The van der Waals surface area contributed by atoms with Gasteiger partial charge in [0.1, 0.15) is 11.5 Å². The molecule has 2 aromatic rings. The maximum absolute atomic E-state index is 13.7. The van der Waals surface area contributed by atoms with Crippen molar-refractivity contribution >= 4 is 23.6 Å². The number of piperidine rings is 1. The molecule has 0 saturated carbocycles. The molecule has 0 atom stereocenters. The zero-order chi connectivity index (χ0) is 37.3. The number of likely N-dealkylation sites (tertiary alicyclic amines) is 1. The molecule has 270 valence electrons. The van der Waals surface area contributed by atoms with Crippen LogP contribution in [0.15, 0.2) is 24.3 Å². The second kappa shape index (κ2) is 14.4. The number of aromatic hydroxyl groups is 2. The Kier molecular flexibility index (Phi) is 11.6. The van der Waals surface area contributed by atoms with Crippen LogP contribution in [0, 0.1) is 13.8 Å². The summed E-state index contributed by atoms with van der Waals surface area (Å²) >= 11 is 0. The van der Waals surface area contributed by atoms with E-state index in [0.717, 1.165) is 33.4 Å². The average molecular weight is 679 g/mol. The fourth-order valence-corrected chi connectivity index (χ4v) is 7.32. The zero-order valence-corrected chi connectivity index (χ0v) is 31.6. The van der Waals surface area contributed by atoms with Gasteiger partial charge in [0.15, 0.2) is 0 Å². The van der Waals surface area contributed by atoms with Crippen LogP contribution in [0.3, 0.4) is 0 Å². The van der Waals surface area contributed by atoms with Crippen LogP contribution in [0.25, 0.3) is 0 Å². The Bertz CT molecular complexity index is 1580. The summed E-state index contributed by atoms with van der Waals surface area (Å²) in [6.45, 7) is 23.7. The molecule has 4 amide bonds. The fourth-order valence-electron chi connectivity index (χ4n) is 7.32. The van der Waals surface area contributed by atoms with Crippen molar-refractivity contribution in [2.45, 2.75) is 150 Å². The van der Waals surface area contributed by atoms with E-state index in [9.17, 15) is 29.4 Å². The lowest BCUT2D eigenvalue weighted by Crippen LogP contribution is -2.66. The Labute approximate surface area is 292 Å². The maximum Gasteiger partial charge on any atom is 0.327 e. The summed E-state index contributed by atoms with van der Waals surface area (Å²) in [5.74, 6) is -1.75. The van der Waals surface area contributed by atoms with E-state index in [2.05, 4.69) is 16.2 Å². The normalized spacial score (nSPS) is 16.2. The molecule has 1 fully saturated rings. The number of carbonyl (C=O) groups excluding carboxylic acids is 4. The molecule has 1 aliphatic rings. The van der Waals surface area contributed by atoms with Crippen molar-refractivity contribution in [2.24, 2.45) is 0 Å². The molecule has 0 radical (unpaired) electrons. The minimum atomic E-state index is -0.975. The van der Waals surface area contributed by atoms with Crippen LogP contribution < -0.4 is 16.2 Å². The molecule has 0 aliphatic carbocycles. The Morgan fingerprint density at radius 1 is 0.714 bits per heavy atom. The number of carbonyl (C=O) groups is 4. The van der Waals surface area contributed by atoms with Crippen molar-refractivity contribution in [3.63, 3.8) is 0 Å². The van der Waals surface area contributed by atoms with E-state index in [4.69, 9.17) is 0 Å². The summed E-state index contributed by atoms with van der Waals surface area (Å²) in [6.07, 6.45) is 2.19. The van der Waals surface area contributed by atoms with Crippen molar-refractivity contribution in [3.05, 3.63) is 57.6 Å². The smallest absolute Gasteiger partial charge is 0.327 e. The van der Waals surface area contributed by atoms with Gasteiger partial charge in [-0.05, 0) is 111 Å². The number of nitrogens with zero attached hydrogens (tertiary/aromatic N) is 1. The number of amides is 4. The summed E-state index contributed by atoms with van der Waals surface area (Å²) < 4.78 is 0. The Balaban J connectivity index is 1.55. The lowest BCUT2D eigenvalue weighted by molar-refractivity contribution is -0.151. The second-order valence-electron chi connectivity index (χ2n) is 17.1. The Hall–Kier alpha value is -4.08. The molecule has 0 unspecified atom stereocenters. The Morgan fingerprint density at radius 2 is 1.14 bits per heavy atom. The molecule has 10 nitrogen and oxygen atoms in total. The molecule has 49 heavy (non-hydrogen) atoms. The van der Waals surface area contributed by atoms with Crippen molar-refractivity contribution in [3.8, 4) is 11.5 Å². The van der Waals surface area contributed by atoms with Crippen LogP contribution in [0.2, 0.25) is 0 Å². The molecule has 1 aliphatic heterocycles. The summed E-state index contributed by atoms with van der Waals surface area (Å²) in [7, 11) is 0. The van der Waals surface area contributed by atoms with Crippen molar-refractivity contribution in [1.29, 1.82) is 0 Å². The topological polar surface area (TPSA) is 148 Å². The van der Waals surface area contributed by atoms with Crippen LogP contribution >= 0.6 is 0 Å². The van der Waals surface area contributed by atoms with Crippen LogP contribution in [0.4, 0.5) is 0 Å². The highest BCUT2D eigenvalue weighted by Crippen LogP contribution is 2.40. The highest BCUT2D eigenvalue weighted by atomic mass is 16.3. The highest BCUT2D eigenvalue weighted by Gasteiger charge is 2.48. The minimum absolute atomic E-state index is 0.000336. The van der Waals surface area contributed by atoms with Gasteiger partial charge in [-0.15, -0.1) is 0 Å². The maximum atomic E-state index is 13.7. The van der Waals surface area contributed by atoms with E-state index in [0.29, 0.717) is 37.9 Å². The van der Waals surface area contributed by atoms with Gasteiger partial charge in [-0.2, -0.15) is 0 Å². The van der Waals surface area contributed by atoms with Crippen molar-refractivity contribution in [2.75, 3.05) is 0 Å². The van der Waals surface area contributed by atoms with Gasteiger partial charge in [0.2, 0.25) is 11.8 Å². The van der Waals surface area contributed by atoms with Gasteiger partial charge in [0.05, 0.1) is 0 Å². The average Bonchev–Trinajstić information content (AvgIpc) is 2.94. The molecule has 10 heteroatoms. The first-order valence-electron chi connectivity index (χ1n) is 17.2. The number of rotatable bonds is 7. The van der Waals surface area contributed by atoms with E-state index in [-0.39, 0.29) is 34.9 Å². The van der Waals surface area contributed by atoms with E-state index in [1.54, 1.807) is 0 Å². The lowest BCUT2D eigenvalue weighted by Gasteiger charge is -2.55. The number of benzene rings is 2. The molecule has 0 bridgehead atoms. The predicted molar refractivity (Wildman–Crippen MR) is 192 cm³/mol. The zero-order valence-electron chi connectivity index (χ0n) is 31.6. The number of phenols is 2. The number of hydrogen-bond acceptors (Lipinski definition) is 6. The number of aryl methyl sites for hydroxylation is 4. The number of hydrogen-bond donors (Lipinski definition) is 5. The van der Waals surface area contributed by atoms with Crippen LogP contribution in [0.5, 0.6) is 11.5 Å². The first kappa shape index (κ1) is 39.4. The van der Waals surface area contributed by atoms with Crippen LogP contribution in [-0.4, -0.2) is 55.9 Å². The second-order valence-corrected chi connectivity index (χ2v) is 17.1. The monoisotopic (exact) mass is 678 g/mol. The number of nitrogens with one attached hydrogen (secondary N) is 3. The molecule has 0 aromatic heterocycles. The summed E-state index contributed by atoms with van der Waals surface area (Å²) in [5.41, 5.74) is 7.87. The largest absolute Gasteiger partial charge is 0.507 e. The third kappa shape index (κ3) is 9.76. The number of hydrazine groups is 1. The Morgan fingerprint density at radius 3 is 1.57 bits per heavy atom. The molecule has 1 saturated heterocycles. The fraction of sp³-hybridized carbons (Fsp3) is 0.590. The van der Waals surface area contributed by atoms with E-state index >= 15 is 0 Å². The van der Waals surface area contributed by atoms with E-state index in [1.165, 1.54) is 0 Å². The molecule has 2 aromatic carbocycles. The van der Waals surface area contributed by atoms with Gasteiger partial charge >= 0.3 is 11.8 Å². The van der Waals surface area contributed by atoms with E-state index in [1.807, 2.05) is 112 Å². The summed E-state index contributed by atoms with van der Waals surface area (Å²) in [6, 6.07) is 7.28. The summed E-state index contributed by atoms with van der Waals surface area (Å²) in [4.78, 5) is 53.6. The first-order valence-corrected chi connectivity index (χ1v) is 17.2. The molecule has 3 rings (SSSR count). The van der Waals surface area contributed by atoms with Gasteiger partial charge < -0.3 is 20.4 Å². The predicted octanol–water partition coefficient (Wildman–Crippen LogP) is 5.69. The third-order valence-electron chi connectivity index (χ3n) is 9.41. The third-order valence-corrected chi connectivity index (χ3v) is 9.41. The lowest BCUT2D eigenvalue weighted by atomic mass is 9.76. The number of phenolic OH excluding ortho intramolecular Hbond substituents is 2. The van der Waals surface area contributed by atoms with E-state index < -0.39 is 28.8 Å².